The van der Waals surface area contributed by atoms with Crippen molar-refractivity contribution >= 4 is 17.3 Å². The molecule has 148 valence electrons. The molecule has 1 fully saturated rings. The van der Waals surface area contributed by atoms with Gasteiger partial charge < -0.3 is 15.4 Å². The summed E-state index contributed by atoms with van der Waals surface area (Å²) in [5.41, 5.74) is 1.69. The predicted molar refractivity (Wildman–Crippen MR) is 107 cm³/mol. The third kappa shape index (κ3) is 4.67. The molecular formula is C21H25N3O4. The minimum Gasteiger partial charge on any atom is -0.379 e. The lowest BCUT2D eigenvalue weighted by Crippen LogP contribution is -2.30. The van der Waals surface area contributed by atoms with Gasteiger partial charge in [-0.25, -0.2) is 0 Å². The number of nitrogens with zero attached hydrogens (tertiary/aromatic N) is 1. The first-order valence-electron chi connectivity index (χ1n) is 9.45. The van der Waals surface area contributed by atoms with Crippen LogP contribution in [0.3, 0.4) is 0 Å². The monoisotopic (exact) mass is 383 g/mol. The molecule has 1 saturated heterocycles. The molecule has 0 spiro atoms. The van der Waals surface area contributed by atoms with E-state index < -0.39 is 4.92 Å². The molecule has 2 N–H and O–H groups in total. The van der Waals surface area contributed by atoms with Crippen molar-refractivity contribution in [1.82, 2.24) is 5.32 Å². The highest BCUT2D eigenvalue weighted by molar-refractivity contribution is 5.95. The Labute approximate surface area is 164 Å². The Kier molecular flexibility index (Phi) is 6.26. The van der Waals surface area contributed by atoms with Gasteiger partial charge in [0, 0.05) is 36.7 Å². The van der Waals surface area contributed by atoms with Gasteiger partial charge >= 0.3 is 0 Å². The van der Waals surface area contributed by atoms with Gasteiger partial charge in [0.25, 0.3) is 11.6 Å². The quantitative estimate of drug-likeness (QED) is 0.558. The van der Waals surface area contributed by atoms with Crippen molar-refractivity contribution in [2.45, 2.75) is 32.4 Å². The van der Waals surface area contributed by atoms with Crippen LogP contribution in [0.25, 0.3) is 0 Å². The maximum absolute atomic E-state index is 12.1. The average molecular weight is 383 g/mol. The van der Waals surface area contributed by atoms with Gasteiger partial charge in [-0.3, -0.25) is 14.9 Å². The molecule has 0 aromatic heterocycles. The molecule has 2 aromatic carbocycles. The molecule has 0 aliphatic carbocycles. The van der Waals surface area contributed by atoms with Gasteiger partial charge in [-0.05, 0) is 38.0 Å². The minimum atomic E-state index is -0.464. The fourth-order valence-electron chi connectivity index (χ4n) is 3.41. The summed E-state index contributed by atoms with van der Waals surface area (Å²) in [7, 11) is 0. The van der Waals surface area contributed by atoms with Gasteiger partial charge in [0.15, 0.2) is 0 Å². The number of ether oxygens (including phenoxy) is 1. The van der Waals surface area contributed by atoms with Gasteiger partial charge in [-0.1, -0.05) is 30.3 Å². The molecule has 0 saturated carbocycles. The van der Waals surface area contributed by atoms with Crippen molar-refractivity contribution in [3.63, 3.8) is 0 Å². The lowest BCUT2D eigenvalue weighted by atomic mass is 9.95. The van der Waals surface area contributed by atoms with Gasteiger partial charge in [0.2, 0.25) is 0 Å². The standard InChI is InChI=1S/C21H25N3O4/c1-14(2)23-21(25)16-8-9-18(19(12-16)24(26)27)22-13-17-10-11-28-20(17)15-6-4-3-5-7-15/h3-9,12,14,17,20,22H,10-11,13H2,1-2H3,(H,23,25). The maximum Gasteiger partial charge on any atom is 0.293 e. The molecule has 28 heavy (non-hydrogen) atoms. The number of carbonyl (C=O) groups excluding carboxylic acids is 1. The van der Waals surface area contributed by atoms with Crippen molar-refractivity contribution < 1.29 is 14.5 Å². The van der Waals surface area contributed by atoms with E-state index in [9.17, 15) is 14.9 Å². The number of amides is 1. The van der Waals surface area contributed by atoms with E-state index in [0.29, 0.717) is 18.8 Å². The summed E-state index contributed by atoms with van der Waals surface area (Å²) < 4.78 is 5.88. The van der Waals surface area contributed by atoms with Crippen LogP contribution in [0.5, 0.6) is 0 Å². The van der Waals surface area contributed by atoms with E-state index in [2.05, 4.69) is 10.6 Å². The first-order chi connectivity index (χ1) is 13.5. The van der Waals surface area contributed by atoms with Gasteiger partial charge in [-0.15, -0.1) is 0 Å². The first-order valence-corrected chi connectivity index (χ1v) is 9.45. The van der Waals surface area contributed by atoms with Crippen molar-refractivity contribution in [2.75, 3.05) is 18.5 Å². The normalized spacial score (nSPS) is 18.8. The molecule has 1 heterocycles. The summed E-state index contributed by atoms with van der Waals surface area (Å²) in [6.45, 7) is 4.91. The van der Waals surface area contributed by atoms with Crippen LogP contribution in [0.15, 0.2) is 48.5 Å². The smallest absolute Gasteiger partial charge is 0.293 e. The molecule has 1 aliphatic rings. The van der Waals surface area contributed by atoms with E-state index in [1.165, 1.54) is 6.07 Å². The Morgan fingerprint density at radius 3 is 2.68 bits per heavy atom. The summed E-state index contributed by atoms with van der Waals surface area (Å²) in [5, 5.41) is 17.4. The Hall–Kier alpha value is -2.93. The van der Waals surface area contributed by atoms with Gasteiger partial charge in [0.1, 0.15) is 5.69 Å². The number of benzene rings is 2. The Balaban J connectivity index is 1.73. The zero-order chi connectivity index (χ0) is 20.1. The SMILES string of the molecule is CC(C)NC(=O)c1ccc(NCC2CCOC2c2ccccc2)c([N+](=O)[O-])c1. The number of anilines is 1. The second kappa shape index (κ2) is 8.84. The van der Waals surface area contributed by atoms with E-state index in [1.54, 1.807) is 12.1 Å². The van der Waals surface area contributed by atoms with Crippen LogP contribution in [0.4, 0.5) is 11.4 Å². The first kappa shape index (κ1) is 19.8. The van der Waals surface area contributed by atoms with Crippen molar-refractivity contribution in [3.05, 3.63) is 69.8 Å². The van der Waals surface area contributed by atoms with Gasteiger partial charge in [-0.2, -0.15) is 0 Å². The third-order valence-corrected chi connectivity index (χ3v) is 4.77. The topological polar surface area (TPSA) is 93.5 Å². The van der Waals surface area contributed by atoms with Crippen molar-refractivity contribution in [1.29, 1.82) is 0 Å². The number of rotatable bonds is 7. The molecule has 7 nitrogen and oxygen atoms in total. The molecule has 2 aromatic rings. The van der Waals surface area contributed by atoms with Gasteiger partial charge in [0.05, 0.1) is 11.0 Å². The highest BCUT2D eigenvalue weighted by Crippen LogP contribution is 2.35. The maximum atomic E-state index is 12.1. The lowest BCUT2D eigenvalue weighted by Gasteiger charge is -2.20. The largest absolute Gasteiger partial charge is 0.379 e. The van der Waals surface area contributed by atoms with Crippen LogP contribution in [0.2, 0.25) is 0 Å². The molecular weight excluding hydrogens is 358 g/mol. The fraction of sp³-hybridized carbons (Fsp3) is 0.381. The summed E-state index contributed by atoms with van der Waals surface area (Å²) in [5.74, 6) is -0.107. The summed E-state index contributed by atoms with van der Waals surface area (Å²) in [4.78, 5) is 23.2. The highest BCUT2D eigenvalue weighted by Gasteiger charge is 2.30. The van der Waals surface area contributed by atoms with Crippen LogP contribution >= 0.6 is 0 Å². The number of hydrogen-bond donors (Lipinski definition) is 2. The predicted octanol–water partition coefficient (Wildman–Crippen LogP) is 3.92. The molecule has 2 atom stereocenters. The van der Waals surface area contributed by atoms with Crippen LogP contribution in [-0.2, 0) is 4.74 Å². The van der Waals surface area contributed by atoms with E-state index >= 15 is 0 Å². The molecule has 3 rings (SSSR count). The molecule has 2 unspecified atom stereocenters. The van der Waals surface area contributed by atoms with Crippen LogP contribution in [-0.4, -0.2) is 30.0 Å². The average Bonchev–Trinajstić information content (AvgIpc) is 3.15. The molecule has 0 bridgehead atoms. The van der Waals surface area contributed by atoms with Crippen molar-refractivity contribution in [3.8, 4) is 0 Å². The number of carbonyl (C=O) groups is 1. The minimum absolute atomic E-state index is 0.0242. The zero-order valence-corrected chi connectivity index (χ0v) is 16.1. The molecule has 0 radical (unpaired) electrons. The Morgan fingerprint density at radius 1 is 1.25 bits per heavy atom. The summed E-state index contributed by atoms with van der Waals surface area (Å²) in [6, 6.07) is 14.5. The van der Waals surface area contributed by atoms with E-state index in [-0.39, 0.29) is 35.2 Å². The molecule has 7 heteroatoms. The van der Waals surface area contributed by atoms with Crippen LogP contribution in [0.1, 0.15) is 42.3 Å². The lowest BCUT2D eigenvalue weighted by molar-refractivity contribution is -0.384. The number of nitrogens with one attached hydrogen (secondary N) is 2. The number of nitro groups is 1. The Morgan fingerprint density at radius 2 is 2.00 bits per heavy atom. The van der Waals surface area contributed by atoms with E-state index in [1.807, 2.05) is 44.2 Å². The highest BCUT2D eigenvalue weighted by atomic mass is 16.6. The van der Waals surface area contributed by atoms with E-state index in [4.69, 9.17) is 4.74 Å². The zero-order valence-electron chi connectivity index (χ0n) is 16.1. The Bertz CT molecular complexity index is 839. The summed E-state index contributed by atoms with van der Waals surface area (Å²) >= 11 is 0. The molecule has 1 aliphatic heterocycles. The number of hydrogen-bond acceptors (Lipinski definition) is 5. The number of nitro benzene ring substituents is 1. The third-order valence-electron chi connectivity index (χ3n) is 4.77. The van der Waals surface area contributed by atoms with Crippen molar-refractivity contribution in [2.24, 2.45) is 5.92 Å². The fourth-order valence-corrected chi connectivity index (χ4v) is 3.41. The molecule has 1 amide bonds. The van der Waals surface area contributed by atoms with Crippen LogP contribution < -0.4 is 10.6 Å². The second-order valence-corrected chi connectivity index (χ2v) is 7.25. The second-order valence-electron chi connectivity index (χ2n) is 7.25. The summed E-state index contributed by atoms with van der Waals surface area (Å²) in [6.07, 6.45) is 0.860. The van der Waals surface area contributed by atoms with E-state index in [0.717, 1.165) is 12.0 Å². The van der Waals surface area contributed by atoms with Crippen LogP contribution in [0, 0.1) is 16.0 Å².